The summed E-state index contributed by atoms with van der Waals surface area (Å²) < 4.78 is 45.9. The van der Waals surface area contributed by atoms with E-state index in [0.29, 0.717) is 18.9 Å². The molecule has 2 rings (SSSR count). The molecule has 88 valence electrons. The van der Waals surface area contributed by atoms with E-state index in [1.54, 1.807) is 0 Å². The predicted molar refractivity (Wildman–Crippen MR) is 51.3 cm³/mol. The Labute approximate surface area is 90.2 Å². The van der Waals surface area contributed by atoms with Crippen molar-refractivity contribution >= 4 is 5.69 Å². The van der Waals surface area contributed by atoms with E-state index in [9.17, 15) is 13.2 Å². The quantitative estimate of drug-likeness (QED) is 0.865. The van der Waals surface area contributed by atoms with E-state index in [1.807, 2.05) is 0 Å². The molecule has 0 spiro atoms. The molecule has 3 nitrogen and oxygen atoms in total. The molecule has 0 unspecified atom stereocenters. The number of alkyl halides is 2. The van der Waals surface area contributed by atoms with Crippen molar-refractivity contribution in [2.24, 2.45) is 0 Å². The standard InChI is InChI=1S/C10H10F3NO2/c11-8-3-6(14-7-4-15-5-7)1-2-9(8)16-10(12)13/h1-3,7,10,14H,4-5H2. The topological polar surface area (TPSA) is 30.5 Å². The lowest BCUT2D eigenvalue weighted by Gasteiger charge is -2.27. The molecule has 1 saturated heterocycles. The molecule has 1 N–H and O–H groups in total. The second-order valence-corrected chi connectivity index (χ2v) is 3.40. The van der Waals surface area contributed by atoms with Crippen molar-refractivity contribution in [1.29, 1.82) is 0 Å². The highest BCUT2D eigenvalue weighted by Gasteiger charge is 2.18. The molecule has 1 aromatic rings. The van der Waals surface area contributed by atoms with Crippen molar-refractivity contribution < 1.29 is 22.6 Å². The maximum atomic E-state index is 13.3. The fraction of sp³-hybridized carbons (Fsp3) is 0.400. The van der Waals surface area contributed by atoms with Crippen LogP contribution in [0.25, 0.3) is 0 Å². The van der Waals surface area contributed by atoms with Crippen LogP contribution in [0.5, 0.6) is 5.75 Å². The highest BCUT2D eigenvalue weighted by molar-refractivity contribution is 5.48. The van der Waals surface area contributed by atoms with Crippen LogP contribution in [0.2, 0.25) is 0 Å². The molecule has 1 fully saturated rings. The smallest absolute Gasteiger partial charge is 0.387 e. The molecule has 1 heterocycles. The number of hydrogen-bond acceptors (Lipinski definition) is 3. The minimum Gasteiger partial charge on any atom is -0.432 e. The SMILES string of the molecule is Fc1cc(NC2COC2)ccc1OC(F)F. The molecule has 1 aliphatic rings. The van der Waals surface area contributed by atoms with Gasteiger partial charge in [-0.25, -0.2) is 4.39 Å². The second-order valence-electron chi connectivity index (χ2n) is 3.40. The number of benzene rings is 1. The molecule has 0 saturated carbocycles. The van der Waals surface area contributed by atoms with Crippen molar-refractivity contribution in [3.05, 3.63) is 24.0 Å². The Morgan fingerprint density at radius 3 is 2.62 bits per heavy atom. The summed E-state index contributed by atoms with van der Waals surface area (Å²) in [4.78, 5) is 0. The summed E-state index contributed by atoms with van der Waals surface area (Å²) in [5.41, 5.74) is 0.521. The number of hydrogen-bond donors (Lipinski definition) is 1. The predicted octanol–water partition coefficient (Wildman–Crippen LogP) is 2.24. The third-order valence-corrected chi connectivity index (χ3v) is 2.16. The van der Waals surface area contributed by atoms with Crippen LogP contribution >= 0.6 is 0 Å². The first-order chi connectivity index (χ1) is 7.65. The summed E-state index contributed by atoms with van der Waals surface area (Å²) >= 11 is 0. The van der Waals surface area contributed by atoms with Gasteiger partial charge in [-0.05, 0) is 12.1 Å². The van der Waals surface area contributed by atoms with Gasteiger partial charge in [-0.2, -0.15) is 8.78 Å². The van der Waals surface area contributed by atoms with Crippen LogP contribution in [-0.2, 0) is 4.74 Å². The third-order valence-electron chi connectivity index (χ3n) is 2.16. The van der Waals surface area contributed by atoms with Crippen LogP contribution in [-0.4, -0.2) is 25.9 Å². The van der Waals surface area contributed by atoms with Crippen molar-refractivity contribution in [3.8, 4) is 5.75 Å². The van der Waals surface area contributed by atoms with Gasteiger partial charge in [0.25, 0.3) is 0 Å². The number of halogens is 3. The van der Waals surface area contributed by atoms with E-state index >= 15 is 0 Å². The van der Waals surface area contributed by atoms with Crippen LogP contribution in [0.3, 0.4) is 0 Å². The Balaban J connectivity index is 2.03. The zero-order valence-electron chi connectivity index (χ0n) is 8.25. The average molecular weight is 233 g/mol. The van der Waals surface area contributed by atoms with Crippen LogP contribution in [0, 0.1) is 5.82 Å². The molecule has 0 radical (unpaired) electrons. The maximum absolute atomic E-state index is 13.3. The average Bonchev–Trinajstić information content (AvgIpc) is 2.15. The molecule has 0 atom stereocenters. The summed E-state index contributed by atoms with van der Waals surface area (Å²) in [6, 6.07) is 3.93. The van der Waals surface area contributed by atoms with E-state index in [0.717, 1.165) is 6.07 Å². The Morgan fingerprint density at radius 2 is 2.12 bits per heavy atom. The molecule has 16 heavy (non-hydrogen) atoms. The monoisotopic (exact) mass is 233 g/mol. The van der Waals surface area contributed by atoms with Gasteiger partial charge in [0, 0.05) is 11.8 Å². The summed E-state index contributed by atoms with van der Waals surface area (Å²) in [6.45, 7) is -1.89. The molecule has 1 aromatic carbocycles. The van der Waals surface area contributed by atoms with E-state index < -0.39 is 18.2 Å². The van der Waals surface area contributed by atoms with Crippen LogP contribution in [0.1, 0.15) is 0 Å². The van der Waals surface area contributed by atoms with Crippen molar-refractivity contribution in [2.45, 2.75) is 12.7 Å². The lowest BCUT2D eigenvalue weighted by molar-refractivity contribution is -0.0521. The molecule has 6 heteroatoms. The van der Waals surface area contributed by atoms with E-state index in [1.165, 1.54) is 12.1 Å². The van der Waals surface area contributed by atoms with Crippen molar-refractivity contribution in [3.63, 3.8) is 0 Å². The number of ether oxygens (including phenoxy) is 2. The maximum Gasteiger partial charge on any atom is 0.387 e. The molecular formula is C10H10F3NO2. The highest BCUT2D eigenvalue weighted by Crippen LogP contribution is 2.23. The Hall–Kier alpha value is -1.43. The first-order valence-electron chi connectivity index (χ1n) is 4.74. The number of rotatable bonds is 4. The minimum absolute atomic E-state index is 0.154. The third kappa shape index (κ3) is 2.57. The first-order valence-corrected chi connectivity index (χ1v) is 4.74. The highest BCUT2D eigenvalue weighted by atomic mass is 19.3. The Kier molecular flexibility index (Phi) is 3.19. The molecule has 0 amide bonds. The second kappa shape index (κ2) is 4.61. The summed E-state index contributed by atoms with van der Waals surface area (Å²) in [6.07, 6.45) is 0. The fourth-order valence-corrected chi connectivity index (χ4v) is 1.34. The molecule has 0 aromatic heterocycles. The van der Waals surface area contributed by atoms with Crippen LogP contribution < -0.4 is 10.1 Å². The van der Waals surface area contributed by atoms with Gasteiger partial charge in [0.1, 0.15) is 0 Å². The zero-order chi connectivity index (χ0) is 11.5. The van der Waals surface area contributed by atoms with Crippen LogP contribution in [0.4, 0.5) is 18.9 Å². The van der Waals surface area contributed by atoms with Gasteiger partial charge >= 0.3 is 6.61 Å². The minimum atomic E-state index is -3.02. The summed E-state index contributed by atoms with van der Waals surface area (Å²) in [5, 5.41) is 2.99. The zero-order valence-corrected chi connectivity index (χ0v) is 8.25. The molecule has 0 aliphatic carbocycles. The van der Waals surface area contributed by atoms with E-state index in [4.69, 9.17) is 4.74 Å². The van der Waals surface area contributed by atoms with Gasteiger partial charge in [0.2, 0.25) is 0 Å². The van der Waals surface area contributed by atoms with Crippen molar-refractivity contribution in [1.82, 2.24) is 0 Å². The Morgan fingerprint density at radius 1 is 1.38 bits per heavy atom. The van der Waals surface area contributed by atoms with Gasteiger partial charge in [-0.15, -0.1) is 0 Å². The Bertz CT molecular complexity index is 369. The number of anilines is 1. The van der Waals surface area contributed by atoms with Gasteiger partial charge in [0.05, 0.1) is 19.3 Å². The molecule has 1 aliphatic heterocycles. The summed E-state index contributed by atoms with van der Waals surface area (Å²) in [7, 11) is 0. The first kappa shape index (κ1) is 11.1. The fourth-order valence-electron chi connectivity index (χ4n) is 1.34. The van der Waals surface area contributed by atoms with Gasteiger partial charge in [-0.1, -0.05) is 0 Å². The van der Waals surface area contributed by atoms with E-state index in [2.05, 4.69) is 10.1 Å². The molecule has 0 bridgehead atoms. The van der Waals surface area contributed by atoms with Gasteiger partial charge < -0.3 is 14.8 Å². The van der Waals surface area contributed by atoms with E-state index in [-0.39, 0.29) is 6.04 Å². The lowest BCUT2D eigenvalue weighted by atomic mass is 10.2. The lowest BCUT2D eigenvalue weighted by Crippen LogP contribution is -2.40. The number of nitrogens with one attached hydrogen (secondary N) is 1. The van der Waals surface area contributed by atoms with Crippen molar-refractivity contribution in [2.75, 3.05) is 18.5 Å². The van der Waals surface area contributed by atoms with Gasteiger partial charge in [-0.3, -0.25) is 0 Å². The molecular weight excluding hydrogens is 223 g/mol. The normalized spacial score (nSPS) is 16.0. The summed E-state index contributed by atoms with van der Waals surface area (Å²) in [5.74, 6) is -1.27. The largest absolute Gasteiger partial charge is 0.432 e. The van der Waals surface area contributed by atoms with Gasteiger partial charge in [0.15, 0.2) is 11.6 Å². The van der Waals surface area contributed by atoms with Crippen LogP contribution in [0.15, 0.2) is 18.2 Å².